The number of nitrogens with one attached hydrogen (secondary N) is 1. The van der Waals surface area contributed by atoms with Gasteiger partial charge in [-0.2, -0.15) is 9.41 Å². The number of carbonyl (C=O) groups is 1. The van der Waals surface area contributed by atoms with E-state index in [1.807, 2.05) is 0 Å². The number of benzene rings is 2. The van der Waals surface area contributed by atoms with Crippen molar-refractivity contribution in [3.8, 4) is 17.2 Å². The third kappa shape index (κ3) is 6.04. The Morgan fingerprint density at radius 2 is 1.71 bits per heavy atom. The lowest BCUT2D eigenvalue weighted by Gasteiger charge is -2.26. The number of hydrogen-bond donors (Lipinski definition) is 1. The van der Waals surface area contributed by atoms with Gasteiger partial charge >= 0.3 is 0 Å². The van der Waals surface area contributed by atoms with Crippen molar-refractivity contribution >= 4 is 22.1 Å². The maximum absolute atomic E-state index is 12.7. The van der Waals surface area contributed by atoms with Crippen molar-refractivity contribution in [1.29, 1.82) is 0 Å². The zero-order valence-electron chi connectivity index (χ0n) is 19.4. The van der Waals surface area contributed by atoms with Gasteiger partial charge in [-0.05, 0) is 36.2 Å². The molecule has 34 heavy (non-hydrogen) atoms. The van der Waals surface area contributed by atoms with Crippen LogP contribution in [0.15, 0.2) is 46.4 Å². The average Bonchev–Trinajstić information content (AvgIpc) is 2.87. The van der Waals surface area contributed by atoms with Crippen LogP contribution in [-0.2, 0) is 26.0 Å². The molecule has 1 aliphatic rings. The molecule has 0 bridgehead atoms. The number of hydrazone groups is 1. The third-order valence-electron chi connectivity index (χ3n) is 5.30. The minimum absolute atomic E-state index is 0.190. The van der Waals surface area contributed by atoms with E-state index in [-0.39, 0.29) is 17.2 Å². The molecule has 0 aromatic heterocycles. The van der Waals surface area contributed by atoms with E-state index in [0.29, 0.717) is 55.5 Å². The molecule has 1 fully saturated rings. The van der Waals surface area contributed by atoms with Gasteiger partial charge in [0.1, 0.15) is 0 Å². The van der Waals surface area contributed by atoms with Gasteiger partial charge in [0.15, 0.2) is 11.5 Å². The van der Waals surface area contributed by atoms with Crippen LogP contribution in [0.4, 0.5) is 0 Å². The monoisotopic (exact) mass is 491 g/mol. The van der Waals surface area contributed by atoms with Crippen molar-refractivity contribution in [2.75, 3.05) is 47.6 Å². The summed E-state index contributed by atoms with van der Waals surface area (Å²) in [6.07, 6.45) is 2.10. The minimum atomic E-state index is -3.54. The fraction of sp³-hybridized carbons (Fsp3) is 0.391. The highest BCUT2D eigenvalue weighted by molar-refractivity contribution is 7.89. The van der Waals surface area contributed by atoms with E-state index in [2.05, 4.69) is 10.5 Å². The summed E-state index contributed by atoms with van der Waals surface area (Å²) < 4.78 is 48.0. The molecule has 1 amide bonds. The highest BCUT2D eigenvalue weighted by Crippen LogP contribution is 2.38. The molecule has 0 spiro atoms. The molecule has 0 unspecified atom stereocenters. The zero-order chi connectivity index (χ0) is 24.6. The lowest BCUT2D eigenvalue weighted by Crippen LogP contribution is -2.40. The van der Waals surface area contributed by atoms with E-state index in [9.17, 15) is 13.2 Å². The van der Waals surface area contributed by atoms with E-state index in [4.69, 9.17) is 18.9 Å². The molecule has 1 aliphatic heterocycles. The second-order valence-electron chi connectivity index (χ2n) is 7.38. The molecule has 3 rings (SSSR count). The third-order valence-corrected chi connectivity index (χ3v) is 7.21. The van der Waals surface area contributed by atoms with Crippen LogP contribution in [0.3, 0.4) is 0 Å². The van der Waals surface area contributed by atoms with Crippen molar-refractivity contribution < 1.29 is 32.2 Å². The number of hydrogen-bond acceptors (Lipinski definition) is 8. The van der Waals surface area contributed by atoms with Crippen LogP contribution >= 0.6 is 0 Å². The maximum Gasteiger partial charge on any atom is 0.243 e. The number of nitrogens with zero attached hydrogens (tertiary/aromatic N) is 2. The molecule has 1 N–H and O–H groups in total. The molecule has 11 heteroatoms. The van der Waals surface area contributed by atoms with Crippen LogP contribution in [0.5, 0.6) is 17.2 Å². The molecule has 1 saturated heterocycles. The Kier molecular flexibility index (Phi) is 8.85. The molecule has 2 aromatic rings. The van der Waals surface area contributed by atoms with E-state index < -0.39 is 10.0 Å². The Morgan fingerprint density at radius 1 is 1.03 bits per heavy atom. The summed E-state index contributed by atoms with van der Waals surface area (Å²) in [4.78, 5) is 12.4. The van der Waals surface area contributed by atoms with Crippen LogP contribution in [0.2, 0.25) is 0 Å². The standard InChI is InChI=1S/C23H29N3O7S/c1-30-20-10-7-18(22(31-2)23(20)32-3)16-24-25-21(27)11-6-17-4-8-19(9-5-17)34(28,29)26-12-14-33-15-13-26/h4-5,7-10,16H,6,11-15H2,1-3H3,(H,25,27)/b24-16+. The summed E-state index contributed by atoms with van der Waals surface area (Å²) in [6, 6.07) is 10.0. The van der Waals surface area contributed by atoms with Crippen molar-refractivity contribution in [2.24, 2.45) is 5.10 Å². The summed E-state index contributed by atoms with van der Waals surface area (Å²) in [6.45, 7) is 1.49. The van der Waals surface area contributed by atoms with Gasteiger partial charge in [0.05, 0.1) is 45.7 Å². The van der Waals surface area contributed by atoms with E-state index in [1.54, 1.807) is 36.4 Å². The summed E-state index contributed by atoms with van der Waals surface area (Å²) in [5.74, 6) is 1.11. The summed E-state index contributed by atoms with van der Waals surface area (Å²) in [5.41, 5.74) is 3.94. The SMILES string of the molecule is COc1ccc(/C=N/NC(=O)CCc2ccc(S(=O)(=O)N3CCOCC3)cc2)c(OC)c1OC. The van der Waals surface area contributed by atoms with Crippen LogP contribution in [-0.4, -0.2) is 72.5 Å². The second-order valence-corrected chi connectivity index (χ2v) is 9.32. The molecule has 0 radical (unpaired) electrons. The summed E-state index contributed by atoms with van der Waals surface area (Å²) in [5, 5.41) is 4.00. The highest BCUT2D eigenvalue weighted by Gasteiger charge is 2.26. The summed E-state index contributed by atoms with van der Waals surface area (Å²) >= 11 is 0. The number of methoxy groups -OCH3 is 3. The molecular weight excluding hydrogens is 462 g/mol. The predicted octanol–water partition coefficient (Wildman–Crippen LogP) is 1.82. The number of rotatable bonds is 10. The van der Waals surface area contributed by atoms with E-state index >= 15 is 0 Å². The first-order valence-corrected chi connectivity index (χ1v) is 12.1. The van der Waals surface area contributed by atoms with Crippen LogP contribution in [0.1, 0.15) is 17.5 Å². The van der Waals surface area contributed by atoms with Crippen molar-refractivity contribution in [1.82, 2.24) is 9.73 Å². The average molecular weight is 492 g/mol. The van der Waals surface area contributed by atoms with Gasteiger partial charge in [0, 0.05) is 25.1 Å². The largest absolute Gasteiger partial charge is 0.493 e. The molecule has 184 valence electrons. The molecule has 2 aromatic carbocycles. The number of aryl methyl sites for hydroxylation is 1. The van der Waals surface area contributed by atoms with E-state index in [1.165, 1.54) is 31.8 Å². The molecule has 1 heterocycles. The van der Waals surface area contributed by atoms with Gasteiger partial charge in [-0.15, -0.1) is 0 Å². The van der Waals surface area contributed by atoms with Gasteiger partial charge in [-0.25, -0.2) is 13.8 Å². The fourth-order valence-electron chi connectivity index (χ4n) is 3.48. The van der Waals surface area contributed by atoms with Crippen LogP contribution in [0.25, 0.3) is 0 Å². The first kappa shape index (κ1) is 25.5. The van der Waals surface area contributed by atoms with Crippen molar-refractivity contribution in [3.63, 3.8) is 0 Å². The minimum Gasteiger partial charge on any atom is -0.493 e. The number of sulfonamides is 1. The second kappa shape index (κ2) is 11.8. The number of morpholine rings is 1. The fourth-order valence-corrected chi connectivity index (χ4v) is 4.89. The molecular formula is C23H29N3O7S. The molecule has 0 atom stereocenters. The molecule has 10 nitrogen and oxygen atoms in total. The highest BCUT2D eigenvalue weighted by atomic mass is 32.2. The van der Waals surface area contributed by atoms with Gasteiger partial charge in [0.2, 0.25) is 21.7 Å². The zero-order valence-corrected chi connectivity index (χ0v) is 20.3. The van der Waals surface area contributed by atoms with Crippen molar-refractivity contribution in [3.05, 3.63) is 47.5 Å². The van der Waals surface area contributed by atoms with Crippen LogP contribution in [0, 0.1) is 0 Å². The smallest absolute Gasteiger partial charge is 0.243 e. The Labute approximate surface area is 199 Å². The number of amides is 1. The number of carbonyl (C=O) groups excluding carboxylic acids is 1. The van der Waals surface area contributed by atoms with Gasteiger partial charge in [0.25, 0.3) is 0 Å². The lowest BCUT2D eigenvalue weighted by molar-refractivity contribution is -0.121. The quantitative estimate of drug-likeness (QED) is 0.398. The van der Waals surface area contributed by atoms with Gasteiger partial charge in [-0.1, -0.05) is 12.1 Å². The lowest BCUT2D eigenvalue weighted by atomic mass is 10.1. The normalized spacial score (nSPS) is 14.7. The Hall–Kier alpha value is -3.15. The van der Waals surface area contributed by atoms with Gasteiger partial charge in [-0.3, -0.25) is 4.79 Å². The summed E-state index contributed by atoms with van der Waals surface area (Å²) in [7, 11) is 1.01. The first-order chi connectivity index (χ1) is 16.4. The van der Waals surface area contributed by atoms with E-state index in [0.717, 1.165) is 5.56 Å². The Balaban J connectivity index is 1.55. The number of ether oxygens (including phenoxy) is 4. The maximum atomic E-state index is 12.7. The predicted molar refractivity (Wildman–Crippen MR) is 126 cm³/mol. The molecule has 0 saturated carbocycles. The van der Waals surface area contributed by atoms with Crippen LogP contribution < -0.4 is 19.6 Å². The Bertz CT molecular complexity index is 1110. The van der Waals surface area contributed by atoms with Crippen molar-refractivity contribution in [2.45, 2.75) is 17.7 Å². The topological polar surface area (TPSA) is 116 Å². The molecule has 0 aliphatic carbocycles. The first-order valence-electron chi connectivity index (χ1n) is 10.7. The Morgan fingerprint density at radius 3 is 2.32 bits per heavy atom. The van der Waals surface area contributed by atoms with Gasteiger partial charge < -0.3 is 18.9 Å².